The minimum absolute atomic E-state index is 0. The summed E-state index contributed by atoms with van der Waals surface area (Å²) in [6.07, 6.45) is 5.15. The minimum Gasteiger partial charge on any atom is -0.147 e. The summed E-state index contributed by atoms with van der Waals surface area (Å²) in [5.41, 5.74) is 18.9. The summed E-state index contributed by atoms with van der Waals surface area (Å²) >= 11 is -3.64. The van der Waals surface area contributed by atoms with Gasteiger partial charge >= 0.3 is 252 Å². The molecule has 0 radical (unpaired) electrons. The monoisotopic (exact) mass is 702 g/mol. The van der Waals surface area contributed by atoms with Crippen molar-refractivity contribution in [3.8, 4) is 22.3 Å². The molecule has 0 saturated carbocycles. The van der Waals surface area contributed by atoms with Crippen LogP contribution in [0.2, 0.25) is 9.26 Å². The summed E-state index contributed by atoms with van der Waals surface area (Å²) in [5.74, 6) is 0.515. The largest absolute Gasteiger partial charge is 0.147 e. The van der Waals surface area contributed by atoms with Gasteiger partial charge in [-0.05, 0) is 0 Å². The number of hydrogen-bond donors (Lipinski definition) is 0. The van der Waals surface area contributed by atoms with Crippen molar-refractivity contribution in [2.24, 2.45) is 5.92 Å². The van der Waals surface area contributed by atoms with E-state index in [1.54, 1.807) is 22.3 Å². The first-order valence-corrected chi connectivity index (χ1v) is 28.9. The van der Waals surface area contributed by atoms with Gasteiger partial charge in [0.2, 0.25) is 0 Å². The first-order valence-electron chi connectivity index (χ1n) is 15.2. The third-order valence-corrected chi connectivity index (χ3v) is 27.5. The van der Waals surface area contributed by atoms with Crippen LogP contribution in [0.3, 0.4) is 0 Å². The zero-order chi connectivity index (χ0) is 29.3. The quantitative estimate of drug-likeness (QED) is 0.181. The summed E-state index contributed by atoms with van der Waals surface area (Å²) in [4.78, 5) is 0. The molecule has 2 aliphatic carbocycles. The molecule has 0 aliphatic heterocycles. The minimum atomic E-state index is -3.64. The van der Waals surface area contributed by atoms with E-state index >= 15 is 0 Å². The van der Waals surface area contributed by atoms with Crippen LogP contribution < -0.4 is 0 Å². The third-order valence-electron chi connectivity index (χ3n) is 9.92. The second-order valence-corrected chi connectivity index (χ2v) is 44.8. The van der Waals surface area contributed by atoms with Crippen molar-refractivity contribution < 1.29 is 17.4 Å². The number of aryl methyl sites for hydroxylation is 3. The van der Waals surface area contributed by atoms with Crippen molar-refractivity contribution in [3.05, 3.63) is 129 Å². The Kier molecular flexibility index (Phi) is 9.54. The maximum atomic E-state index is 2.77. The van der Waals surface area contributed by atoms with Gasteiger partial charge in [-0.25, -0.2) is 0 Å². The van der Waals surface area contributed by atoms with Gasteiger partial charge in [0, 0.05) is 0 Å². The van der Waals surface area contributed by atoms with Gasteiger partial charge in [0.25, 0.3) is 0 Å². The molecule has 0 fully saturated rings. The second-order valence-electron chi connectivity index (χ2n) is 14.3. The van der Waals surface area contributed by atoms with Crippen molar-refractivity contribution in [2.45, 2.75) is 58.1 Å². The summed E-state index contributed by atoms with van der Waals surface area (Å²) < 4.78 is 6.58. The van der Waals surface area contributed by atoms with Crippen LogP contribution in [-0.2, 0) is 17.4 Å². The van der Waals surface area contributed by atoms with Crippen molar-refractivity contribution in [3.63, 3.8) is 0 Å². The Bertz CT molecular complexity index is 1840. The fraction of sp³-hybridized carbons (Fsp3) is 0.282. The van der Waals surface area contributed by atoms with E-state index in [9.17, 15) is 0 Å². The van der Waals surface area contributed by atoms with E-state index in [0.29, 0.717) is 13.2 Å². The van der Waals surface area contributed by atoms with Crippen molar-refractivity contribution >= 4 is 43.8 Å². The number of rotatable bonds is 5. The van der Waals surface area contributed by atoms with Gasteiger partial charge in [-0.1, -0.05) is 0 Å². The molecule has 0 amide bonds. The zero-order valence-electron chi connectivity index (χ0n) is 26.9. The Morgan fingerprint density at radius 2 is 1.28 bits per heavy atom. The molecule has 0 nitrogen and oxygen atoms in total. The van der Waals surface area contributed by atoms with Crippen LogP contribution in [0.5, 0.6) is 0 Å². The number of fused-ring (bicyclic) bond motifs is 2. The topological polar surface area (TPSA) is 0 Å². The molecule has 43 heavy (non-hydrogen) atoms. The van der Waals surface area contributed by atoms with Crippen molar-refractivity contribution in [1.82, 2.24) is 0 Å². The molecule has 0 spiro atoms. The zero-order valence-corrected chi connectivity index (χ0v) is 32.4. The molecule has 4 heteroatoms. The molecule has 224 valence electrons. The Morgan fingerprint density at radius 3 is 1.95 bits per heavy atom. The van der Waals surface area contributed by atoms with Gasteiger partial charge < -0.3 is 0 Å². The van der Waals surface area contributed by atoms with Crippen LogP contribution in [0, 0.1) is 26.7 Å². The second kappa shape index (κ2) is 12.1. The van der Waals surface area contributed by atoms with Crippen LogP contribution in [-0.4, -0.2) is 6.88 Å². The molecule has 4 aromatic carbocycles. The van der Waals surface area contributed by atoms with Crippen LogP contribution in [0.25, 0.3) is 34.4 Å². The SMILES string of the molecule is CC1=Cc2c(-c3cc(C)ccc3C)cc(C)cc2[CH]1[Zr]([CH3])([CH3])(=[SiH2])[CH]1C(C(C)C)=Cc2c(-c3ccccc3)cccc21.Cl.Cl. The van der Waals surface area contributed by atoms with E-state index in [0.717, 1.165) is 0 Å². The summed E-state index contributed by atoms with van der Waals surface area (Å²) in [7, 11) is 0. The molecule has 0 saturated heterocycles. The Morgan fingerprint density at radius 1 is 0.628 bits per heavy atom. The van der Waals surface area contributed by atoms with Gasteiger partial charge in [0.15, 0.2) is 0 Å². The maximum absolute atomic E-state index is 3.64. The predicted molar refractivity (Wildman–Crippen MR) is 195 cm³/mol. The van der Waals surface area contributed by atoms with Crippen LogP contribution in [0.15, 0.2) is 90.0 Å². The van der Waals surface area contributed by atoms with Gasteiger partial charge in [-0.3, -0.25) is 0 Å². The van der Waals surface area contributed by atoms with Gasteiger partial charge in [-0.15, -0.1) is 24.8 Å². The molecule has 2 atom stereocenters. The van der Waals surface area contributed by atoms with E-state index in [2.05, 4.69) is 149 Å². The molecule has 0 heterocycles. The van der Waals surface area contributed by atoms with Crippen molar-refractivity contribution in [1.29, 1.82) is 0 Å². The average molecular weight is 705 g/mol. The van der Waals surface area contributed by atoms with E-state index < -0.39 is 17.4 Å². The number of hydrogen-bond acceptors (Lipinski definition) is 0. The smallest absolute Gasteiger partial charge is 0.147 e. The van der Waals surface area contributed by atoms with E-state index in [4.69, 9.17) is 0 Å². The molecule has 0 N–H and O–H groups in total. The standard InChI is InChI=1S/C19H19.C18H17.2CH3.2ClH.H2Si.Zr/c1-12-5-6-15(4)17(9-12)19-11-14(3)8-16-7-13(2)10-18(16)19;1-13(2)16-11-15-9-6-10-17(18(15)12-16)14-7-4-3-5-8-14;;;;;;/h5-11H,1-4H3;3-13H,1-2H3;2*1H3;2*1H;1H2;. The first kappa shape index (κ1) is 33.9. The Labute approximate surface area is 274 Å². The Balaban J connectivity index is 0.00000212. The normalized spacial score (nSPS) is 17.4. The molecule has 0 bridgehead atoms. The summed E-state index contributed by atoms with van der Waals surface area (Å²) in [6, 6.07) is 29.9. The average Bonchev–Trinajstić information content (AvgIpc) is 3.49. The molecule has 6 rings (SSSR count). The number of allylic oxidation sites excluding steroid dienone is 2. The summed E-state index contributed by atoms with van der Waals surface area (Å²) in [5, 5.41) is 0. The van der Waals surface area contributed by atoms with E-state index in [-0.39, 0.29) is 24.8 Å². The maximum Gasteiger partial charge on any atom is -0.147 e. The molecular weight excluding hydrogens is 659 g/mol. The summed E-state index contributed by atoms with van der Waals surface area (Å²) in [6.45, 7) is 16.5. The van der Waals surface area contributed by atoms with Crippen LogP contribution >= 0.6 is 24.8 Å². The van der Waals surface area contributed by atoms with Gasteiger partial charge in [-0.2, -0.15) is 0 Å². The van der Waals surface area contributed by atoms with E-state index in [1.807, 2.05) is 0 Å². The van der Waals surface area contributed by atoms with Crippen molar-refractivity contribution in [2.75, 3.05) is 0 Å². The van der Waals surface area contributed by atoms with E-state index in [1.165, 1.54) is 50.1 Å². The number of halogens is 2. The fourth-order valence-electron chi connectivity index (χ4n) is 8.31. The van der Waals surface area contributed by atoms with Gasteiger partial charge in [0.1, 0.15) is 0 Å². The van der Waals surface area contributed by atoms with Crippen LogP contribution in [0.1, 0.15) is 67.0 Å². The molecule has 4 aromatic rings. The first-order chi connectivity index (χ1) is 19.4. The molecule has 0 aromatic heterocycles. The Hall–Kier alpha value is -1.96. The predicted octanol–water partition coefficient (Wildman–Crippen LogP) is 11.4. The third kappa shape index (κ3) is 5.68. The molecular formula is C39H46Cl2SiZr. The van der Waals surface area contributed by atoms with Gasteiger partial charge in [0.05, 0.1) is 0 Å². The fourth-order valence-corrected chi connectivity index (χ4v) is 28.9. The molecule has 2 unspecified atom stereocenters. The molecule has 2 aliphatic rings. The number of benzene rings is 4. The van der Waals surface area contributed by atoms with Crippen LogP contribution in [0.4, 0.5) is 0 Å².